The summed E-state index contributed by atoms with van der Waals surface area (Å²) in [7, 11) is 8.57. The van der Waals surface area contributed by atoms with E-state index >= 15 is 0 Å². The highest BCUT2D eigenvalue weighted by molar-refractivity contribution is 7.67. The van der Waals surface area contributed by atoms with Gasteiger partial charge in [0.05, 0.1) is 23.8 Å². The molecule has 2 aliphatic heterocycles. The van der Waals surface area contributed by atoms with E-state index in [1.807, 2.05) is 12.1 Å². The highest BCUT2D eigenvalue weighted by atomic mass is 35.5. The van der Waals surface area contributed by atoms with Crippen molar-refractivity contribution in [1.82, 2.24) is 39.0 Å². The Morgan fingerprint density at radius 2 is 1.06 bits per heavy atom. The lowest BCUT2D eigenvalue weighted by molar-refractivity contribution is -0.275. The summed E-state index contributed by atoms with van der Waals surface area (Å²) in [6.45, 7) is 6.39. The maximum Gasteiger partial charge on any atom is 0.573 e. The van der Waals surface area contributed by atoms with Crippen LogP contribution in [0.25, 0.3) is 44.9 Å². The summed E-state index contributed by atoms with van der Waals surface area (Å²) in [6, 6.07) is 36.8. The average Bonchev–Trinajstić information content (AvgIpc) is 3.57. The van der Waals surface area contributed by atoms with Crippen LogP contribution in [-0.4, -0.2) is 130 Å². The van der Waals surface area contributed by atoms with Gasteiger partial charge in [-0.15, -0.1) is 31.4 Å². The highest BCUT2D eigenvalue weighted by Gasteiger charge is 2.35. The first kappa shape index (κ1) is 67.4. The van der Waals surface area contributed by atoms with Crippen LogP contribution in [0.15, 0.2) is 134 Å². The monoisotopic (exact) mass is 1260 g/mol. The summed E-state index contributed by atoms with van der Waals surface area (Å²) in [5, 5.41) is 14.0. The van der Waals surface area contributed by atoms with Gasteiger partial charge in [0.1, 0.15) is 22.5 Å². The summed E-state index contributed by atoms with van der Waals surface area (Å²) >= 11 is 5.82. The fourth-order valence-electron chi connectivity index (χ4n) is 12.2. The fourth-order valence-corrected chi connectivity index (χ4v) is 16.3. The fraction of sp³-hybridized carbons (Fsp3) is 0.463. The molecule has 0 bridgehead atoms. The van der Waals surface area contributed by atoms with Crippen molar-refractivity contribution in [2.45, 2.75) is 121 Å². The summed E-state index contributed by atoms with van der Waals surface area (Å²) in [5.41, 5.74) is 15.0. The molecule has 0 amide bonds. The molecule has 4 fully saturated rings. The molecule has 13 nitrogen and oxygen atoms in total. The molecule has 4 aromatic carbocycles. The number of ether oxygens (including phenoxy) is 2. The third-order valence-corrected chi connectivity index (χ3v) is 20.5. The minimum absolute atomic E-state index is 0. The number of para-hydroxylation sites is 1. The third-order valence-electron chi connectivity index (χ3n) is 16.8. The Morgan fingerprint density at radius 1 is 0.580 bits per heavy atom. The molecule has 8 aromatic rings. The number of imidazole rings is 2. The Kier molecular flexibility index (Phi) is 24.4. The van der Waals surface area contributed by atoms with Gasteiger partial charge in [0.25, 0.3) is 0 Å². The molecule has 6 heterocycles. The predicted molar refractivity (Wildman–Crippen MR) is 346 cm³/mol. The summed E-state index contributed by atoms with van der Waals surface area (Å²) < 4.78 is 85.3. The third kappa shape index (κ3) is 19.0. The number of likely N-dealkylation sites (tertiary alicyclic amines) is 2. The van der Waals surface area contributed by atoms with E-state index in [0.29, 0.717) is 45.5 Å². The molecule has 0 atom stereocenters. The lowest BCUT2D eigenvalue weighted by atomic mass is 9.97. The average molecular weight is 1260 g/mol. The number of benzene rings is 4. The van der Waals surface area contributed by atoms with E-state index in [4.69, 9.17) is 17.3 Å². The molecule has 0 unspecified atom stereocenters. The van der Waals surface area contributed by atoms with E-state index in [9.17, 15) is 26.3 Å². The normalized spacial score (nSPS) is 16.8. The number of aromatic nitrogens is 6. The van der Waals surface area contributed by atoms with Crippen LogP contribution in [0.3, 0.4) is 0 Å². The smallest absolute Gasteiger partial charge is 0.406 e. The number of nitrogens with zero attached hydrogens (tertiary/aromatic N) is 9. The lowest BCUT2D eigenvalue weighted by Crippen LogP contribution is -2.33. The zero-order valence-corrected chi connectivity index (χ0v) is 51.8. The number of hydrogen-bond acceptors (Lipinski definition) is 11. The first-order valence-corrected chi connectivity index (χ1v) is 32.3. The topological polar surface area (TPSA) is 127 Å². The summed E-state index contributed by atoms with van der Waals surface area (Å²) in [5.74, 6) is 1.53. The van der Waals surface area contributed by atoms with Crippen molar-refractivity contribution >= 4 is 47.6 Å². The number of nitrogens with one attached hydrogen (secondary N) is 1. The molecule has 4 aliphatic rings. The second-order valence-electron chi connectivity index (χ2n) is 23.4. The molecule has 2 saturated heterocycles. The van der Waals surface area contributed by atoms with Crippen molar-refractivity contribution in [3.63, 3.8) is 0 Å². The van der Waals surface area contributed by atoms with Gasteiger partial charge in [-0.1, -0.05) is 132 Å². The van der Waals surface area contributed by atoms with Gasteiger partial charge in [-0.05, 0) is 187 Å². The SMILES string of the molecule is C.CN(C)c1ccccc1-c1ccccc1P(C1CCCCC1)C1CCCCC1.CN1CCC(CN)CC1.CN1CCC(CNc2ccc3ncc(-c4cccc(OC(F)(F)F)c4)n3n2)CC1.FC(F)(F)Oc1cccc(-c2cnc3ccc(Cl)nn23)c1. The molecule has 4 aromatic heterocycles. The van der Waals surface area contributed by atoms with Crippen LogP contribution in [-0.2, 0) is 0 Å². The van der Waals surface area contributed by atoms with Crippen LogP contribution < -0.4 is 30.7 Å². The summed E-state index contributed by atoms with van der Waals surface area (Å²) in [4.78, 5) is 15.4. The Morgan fingerprint density at radius 3 is 1.57 bits per heavy atom. The Hall–Kier alpha value is -6.50. The number of alkyl halides is 6. The van der Waals surface area contributed by atoms with Crippen LogP contribution in [0.5, 0.6) is 11.5 Å². The standard InChI is InChI=1S/C26H36NP.C20H22F3N5O.C13H7ClF3N3O.C7H16N2.CH4/c1-27(2)25-19-11-9-17-23(25)24-18-10-12-20-26(24)28(21-13-5-3-6-14-21)22-15-7-4-8-16-22;1-27-9-7-14(8-10-27)12-24-18-5-6-19-25-13-17(28(19)26-18)15-3-2-4-16(11-15)29-20(21,22)23;14-11-4-5-12-18-7-10(20(12)19-11)8-2-1-3-9(6-8)21-13(15,16)17;1-9-4-2-7(6-8)3-5-9;/h9-12,17-22H,3-8,13-16H2,1-2H3;2-6,11,13-14H,7-10,12H2,1H3,(H,24,26);1-7H;7H,2-6,8H2,1H3;1H4. The van der Waals surface area contributed by atoms with E-state index in [0.717, 1.165) is 56.3 Å². The molecule has 12 rings (SSSR count). The first-order valence-electron chi connectivity index (χ1n) is 30.4. The number of hydrogen-bond donors (Lipinski definition) is 2. The van der Waals surface area contributed by atoms with Gasteiger partial charge in [-0.3, -0.25) is 0 Å². The van der Waals surface area contributed by atoms with Crippen molar-refractivity contribution in [2.75, 3.05) is 77.7 Å². The minimum Gasteiger partial charge on any atom is -0.406 e. The number of halogens is 7. The molecule has 21 heteroatoms. The minimum atomic E-state index is -4.74. The van der Waals surface area contributed by atoms with Gasteiger partial charge in [-0.2, -0.15) is 5.10 Å². The molecule has 0 radical (unpaired) electrons. The van der Waals surface area contributed by atoms with Gasteiger partial charge >= 0.3 is 12.7 Å². The molecule has 2 aliphatic carbocycles. The van der Waals surface area contributed by atoms with Gasteiger partial charge in [0.2, 0.25) is 0 Å². The van der Waals surface area contributed by atoms with E-state index in [-0.39, 0.29) is 32.0 Å². The number of fused-ring (bicyclic) bond motifs is 2. The van der Waals surface area contributed by atoms with Gasteiger partial charge in [0, 0.05) is 43.0 Å². The molecule has 88 heavy (non-hydrogen) atoms. The maximum atomic E-state index is 12.5. The van der Waals surface area contributed by atoms with Gasteiger partial charge < -0.3 is 35.2 Å². The quantitative estimate of drug-likeness (QED) is 0.0846. The molecule has 474 valence electrons. The molecule has 2 saturated carbocycles. The van der Waals surface area contributed by atoms with Crippen molar-refractivity contribution in [1.29, 1.82) is 0 Å². The zero-order chi connectivity index (χ0) is 61.5. The lowest BCUT2D eigenvalue weighted by Gasteiger charge is -2.39. The van der Waals surface area contributed by atoms with Crippen LogP contribution in [0.2, 0.25) is 5.15 Å². The second kappa shape index (κ2) is 31.8. The van der Waals surface area contributed by atoms with Crippen LogP contribution >= 0.6 is 19.5 Å². The van der Waals surface area contributed by atoms with Crippen molar-refractivity contribution in [2.24, 2.45) is 17.6 Å². The van der Waals surface area contributed by atoms with Crippen molar-refractivity contribution in [3.8, 4) is 45.1 Å². The Bertz CT molecular complexity index is 3410. The van der Waals surface area contributed by atoms with Crippen LogP contribution in [0, 0.1) is 11.8 Å². The van der Waals surface area contributed by atoms with Crippen LogP contribution in [0.1, 0.15) is 97.3 Å². The molecule has 0 spiro atoms. The highest BCUT2D eigenvalue weighted by Crippen LogP contribution is 2.56. The summed E-state index contributed by atoms with van der Waals surface area (Å²) in [6.07, 6.45) is 13.1. The van der Waals surface area contributed by atoms with Gasteiger partial charge in [-0.25, -0.2) is 19.0 Å². The predicted octanol–water partition coefficient (Wildman–Crippen LogP) is 16.1. The van der Waals surface area contributed by atoms with Gasteiger partial charge in [0.15, 0.2) is 11.3 Å². The second-order valence-corrected chi connectivity index (χ2v) is 26.5. The zero-order valence-electron chi connectivity index (χ0n) is 50.2. The number of rotatable bonds is 13. The largest absolute Gasteiger partial charge is 0.573 e. The molecule has 3 N–H and O–H groups in total. The van der Waals surface area contributed by atoms with E-state index < -0.39 is 12.7 Å². The molecular formula is C67H85ClF6N11O2P. The Labute approximate surface area is 520 Å². The maximum absolute atomic E-state index is 12.5. The van der Waals surface area contributed by atoms with Crippen molar-refractivity contribution < 1.29 is 35.8 Å². The van der Waals surface area contributed by atoms with E-state index in [1.54, 1.807) is 40.3 Å². The Balaban J connectivity index is 0.000000160. The number of nitrogens with two attached hydrogens (primary N) is 1. The molecular weight excluding hydrogens is 1170 g/mol. The van der Waals surface area contributed by atoms with E-state index in [2.05, 4.69) is 126 Å². The number of piperidine rings is 2. The van der Waals surface area contributed by atoms with Crippen LogP contribution in [0.4, 0.5) is 37.8 Å². The van der Waals surface area contributed by atoms with E-state index in [1.165, 1.54) is 154 Å². The van der Waals surface area contributed by atoms with Crippen molar-refractivity contribution in [3.05, 3.63) is 139 Å². The number of anilines is 2. The first-order chi connectivity index (χ1) is 41.9.